The molecule has 0 saturated heterocycles. The van der Waals surface area contributed by atoms with E-state index in [4.69, 9.17) is 9.47 Å². The lowest BCUT2D eigenvalue weighted by molar-refractivity contribution is -0.145. The largest absolute Gasteiger partial charge is 0.478 e. The maximum atomic E-state index is 12.6. The molecule has 0 atom stereocenters. The molecule has 0 unspecified atom stereocenters. The van der Waals surface area contributed by atoms with Crippen molar-refractivity contribution in [1.82, 2.24) is 4.90 Å². The van der Waals surface area contributed by atoms with Crippen molar-refractivity contribution in [3.8, 4) is 0 Å². The summed E-state index contributed by atoms with van der Waals surface area (Å²) in [5.74, 6) is -1.70. The molecule has 166 valence electrons. The van der Waals surface area contributed by atoms with Gasteiger partial charge in [-0.2, -0.15) is 0 Å². The van der Waals surface area contributed by atoms with Crippen molar-refractivity contribution in [1.29, 1.82) is 0 Å². The quantitative estimate of drug-likeness (QED) is 0.354. The number of carboxylic acids is 1. The number of ether oxygens (including phenoxy) is 2. The fourth-order valence-electron chi connectivity index (χ4n) is 2.35. The third kappa shape index (κ3) is 9.73. The average molecular weight is 436 g/mol. The second-order valence-corrected chi connectivity index (χ2v) is 14.8. The van der Waals surface area contributed by atoms with E-state index in [1.54, 1.807) is 45.0 Å². The predicted molar refractivity (Wildman–Crippen MR) is 119 cm³/mol. The average Bonchev–Trinajstić information content (AvgIpc) is 2.61. The van der Waals surface area contributed by atoms with Gasteiger partial charge in [0.2, 0.25) is 0 Å². The number of benzene rings is 1. The maximum absolute atomic E-state index is 12.6. The van der Waals surface area contributed by atoms with Crippen LogP contribution in [0.5, 0.6) is 0 Å². The lowest BCUT2D eigenvalue weighted by atomic mass is 10.1. The molecule has 0 heterocycles. The highest BCUT2D eigenvalue weighted by Gasteiger charge is 2.31. The van der Waals surface area contributed by atoms with Crippen molar-refractivity contribution in [2.45, 2.75) is 52.0 Å². The van der Waals surface area contributed by atoms with Crippen LogP contribution in [0.25, 0.3) is 6.08 Å². The first-order chi connectivity index (χ1) is 13.8. The van der Waals surface area contributed by atoms with Crippen molar-refractivity contribution >= 4 is 32.2 Å². The highest BCUT2D eigenvalue weighted by atomic mass is 28.3. The van der Waals surface area contributed by atoms with Gasteiger partial charge < -0.3 is 14.6 Å². The standard InChI is InChI=1S/C22H33NO6Si/c1-22(2,3)23(15-19(24)28-12-13-30(4,5)6)21(27)29-16-18(20(25)26)14-17-10-8-7-9-11-17/h7-11,14H,12-13,15-16H2,1-6H3,(H,25,26)/b18-14+. The van der Waals surface area contributed by atoms with Gasteiger partial charge in [-0.15, -0.1) is 0 Å². The summed E-state index contributed by atoms with van der Waals surface area (Å²) in [7, 11) is -1.34. The van der Waals surface area contributed by atoms with Crippen LogP contribution in [0.1, 0.15) is 26.3 Å². The second kappa shape index (κ2) is 11.0. The molecular weight excluding hydrogens is 402 g/mol. The first-order valence-corrected chi connectivity index (χ1v) is 13.6. The number of amides is 1. The fourth-order valence-corrected chi connectivity index (χ4v) is 3.07. The van der Waals surface area contributed by atoms with Gasteiger partial charge >= 0.3 is 18.0 Å². The first-order valence-electron chi connectivity index (χ1n) is 9.88. The van der Waals surface area contributed by atoms with Gasteiger partial charge in [0.05, 0.1) is 12.2 Å². The summed E-state index contributed by atoms with van der Waals surface area (Å²) in [6, 6.07) is 9.73. The Bertz CT molecular complexity index is 762. The highest BCUT2D eigenvalue weighted by molar-refractivity contribution is 6.76. The fraction of sp³-hybridized carbons (Fsp3) is 0.500. The Labute approximate surface area is 179 Å². The summed E-state index contributed by atoms with van der Waals surface area (Å²) in [5.41, 5.74) is -0.0905. The Morgan fingerprint density at radius 2 is 1.67 bits per heavy atom. The molecule has 8 heteroatoms. The third-order valence-electron chi connectivity index (χ3n) is 4.20. The number of carbonyl (C=O) groups is 3. The van der Waals surface area contributed by atoms with E-state index in [-0.39, 0.29) is 12.1 Å². The van der Waals surface area contributed by atoms with E-state index < -0.39 is 38.3 Å². The number of aliphatic carboxylic acids is 1. The molecule has 0 aliphatic rings. The molecule has 1 aromatic rings. The second-order valence-electron chi connectivity index (χ2n) is 9.23. The number of carbonyl (C=O) groups excluding carboxylic acids is 2. The van der Waals surface area contributed by atoms with Crippen LogP contribution in [-0.4, -0.2) is 61.4 Å². The first kappa shape index (κ1) is 25.4. The molecular formula is C22H33NO6Si. The summed E-state index contributed by atoms with van der Waals surface area (Å²) in [4.78, 5) is 37.6. The van der Waals surface area contributed by atoms with E-state index in [1.807, 2.05) is 6.07 Å². The van der Waals surface area contributed by atoms with E-state index >= 15 is 0 Å². The van der Waals surface area contributed by atoms with Crippen molar-refractivity contribution in [2.75, 3.05) is 19.8 Å². The topological polar surface area (TPSA) is 93.1 Å². The van der Waals surface area contributed by atoms with Crippen LogP contribution in [0.4, 0.5) is 4.79 Å². The number of hydrogen-bond donors (Lipinski definition) is 1. The Kier molecular flexibility index (Phi) is 9.29. The smallest absolute Gasteiger partial charge is 0.411 e. The molecule has 1 N–H and O–H groups in total. The molecule has 0 radical (unpaired) electrons. The SMILES string of the molecule is CC(C)(C)N(CC(=O)OCC[Si](C)(C)C)C(=O)OC/C(=C\c1ccccc1)C(=O)O. The zero-order valence-corrected chi connectivity index (χ0v) is 19.7. The van der Waals surface area contributed by atoms with E-state index in [1.165, 1.54) is 11.0 Å². The zero-order chi connectivity index (χ0) is 22.9. The zero-order valence-electron chi connectivity index (χ0n) is 18.7. The molecule has 0 spiro atoms. The summed E-state index contributed by atoms with van der Waals surface area (Å²) in [6.45, 7) is 11.5. The molecule has 0 aromatic heterocycles. The number of hydrogen-bond acceptors (Lipinski definition) is 5. The molecule has 1 amide bonds. The van der Waals surface area contributed by atoms with Crippen molar-refractivity contribution in [3.63, 3.8) is 0 Å². The van der Waals surface area contributed by atoms with E-state index in [0.717, 1.165) is 6.04 Å². The molecule has 0 fully saturated rings. The number of carboxylic acid groups (broad SMARTS) is 1. The third-order valence-corrected chi connectivity index (χ3v) is 5.90. The van der Waals surface area contributed by atoms with Gasteiger partial charge in [0.15, 0.2) is 0 Å². The van der Waals surface area contributed by atoms with Crippen molar-refractivity contribution in [2.24, 2.45) is 0 Å². The minimum atomic E-state index is -1.34. The van der Waals surface area contributed by atoms with Crippen LogP contribution in [0.2, 0.25) is 25.7 Å². The Balaban J connectivity index is 2.77. The van der Waals surface area contributed by atoms with Crippen LogP contribution in [-0.2, 0) is 19.1 Å². The Morgan fingerprint density at radius 3 is 2.17 bits per heavy atom. The van der Waals surface area contributed by atoms with E-state index in [9.17, 15) is 19.5 Å². The Morgan fingerprint density at radius 1 is 1.07 bits per heavy atom. The maximum Gasteiger partial charge on any atom is 0.411 e. The predicted octanol–water partition coefficient (Wildman–Crippen LogP) is 4.27. The summed E-state index contributed by atoms with van der Waals surface area (Å²) in [6.07, 6.45) is 0.673. The summed E-state index contributed by atoms with van der Waals surface area (Å²) >= 11 is 0. The van der Waals surface area contributed by atoms with Crippen molar-refractivity contribution in [3.05, 3.63) is 41.5 Å². The molecule has 0 aliphatic heterocycles. The number of nitrogens with zero attached hydrogens (tertiary/aromatic N) is 1. The molecule has 0 aliphatic carbocycles. The van der Waals surface area contributed by atoms with Crippen LogP contribution >= 0.6 is 0 Å². The van der Waals surface area contributed by atoms with Crippen molar-refractivity contribution < 1.29 is 29.0 Å². The highest BCUT2D eigenvalue weighted by Crippen LogP contribution is 2.16. The lowest BCUT2D eigenvalue weighted by Crippen LogP contribution is -2.49. The summed E-state index contributed by atoms with van der Waals surface area (Å²) in [5, 5.41) is 9.41. The van der Waals surface area contributed by atoms with E-state index in [2.05, 4.69) is 19.6 Å². The van der Waals surface area contributed by atoms with Gasteiger partial charge in [-0.1, -0.05) is 50.0 Å². The molecule has 0 bridgehead atoms. The van der Waals surface area contributed by atoms with Gasteiger partial charge in [-0.3, -0.25) is 9.69 Å². The molecule has 7 nitrogen and oxygen atoms in total. The van der Waals surface area contributed by atoms with Gasteiger partial charge in [-0.25, -0.2) is 9.59 Å². The van der Waals surface area contributed by atoms with Crippen LogP contribution < -0.4 is 0 Å². The molecule has 1 rings (SSSR count). The van der Waals surface area contributed by atoms with Gasteiger partial charge in [-0.05, 0) is 38.5 Å². The van der Waals surface area contributed by atoms with Crippen LogP contribution in [0.3, 0.4) is 0 Å². The molecule has 1 aromatic carbocycles. The Hall–Kier alpha value is -2.61. The van der Waals surface area contributed by atoms with Gasteiger partial charge in [0, 0.05) is 13.6 Å². The normalized spacial score (nSPS) is 12.3. The van der Waals surface area contributed by atoms with Gasteiger partial charge in [0.25, 0.3) is 0 Å². The minimum Gasteiger partial charge on any atom is -0.478 e. The van der Waals surface area contributed by atoms with Crippen LogP contribution in [0, 0.1) is 0 Å². The monoisotopic (exact) mass is 435 g/mol. The van der Waals surface area contributed by atoms with E-state index in [0.29, 0.717) is 12.2 Å². The lowest BCUT2D eigenvalue weighted by Gasteiger charge is -2.33. The van der Waals surface area contributed by atoms with Gasteiger partial charge in [0.1, 0.15) is 13.2 Å². The molecule has 0 saturated carbocycles. The number of rotatable bonds is 9. The number of esters is 1. The summed E-state index contributed by atoms with van der Waals surface area (Å²) < 4.78 is 10.5. The van der Waals surface area contributed by atoms with Crippen LogP contribution in [0.15, 0.2) is 35.9 Å². The minimum absolute atomic E-state index is 0.0684. The molecule has 30 heavy (non-hydrogen) atoms.